The molecule has 1 aromatic carbocycles. The smallest absolute Gasteiger partial charge is 0.257 e. The average molecular weight is 369 g/mol. The number of furan rings is 1. The van der Waals surface area contributed by atoms with Crippen LogP contribution in [0.2, 0.25) is 0 Å². The summed E-state index contributed by atoms with van der Waals surface area (Å²) < 4.78 is 4.99. The topological polar surface area (TPSA) is 57.0 Å². The third-order valence-electron chi connectivity index (χ3n) is 4.93. The molecule has 0 unspecified atom stereocenters. The number of hydrogen-bond donors (Lipinski definition) is 0. The molecule has 0 N–H and O–H groups in total. The first-order valence-corrected chi connectivity index (χ1v) is 9.42. The zero-order valence-electron chi connectivity index (χ0n) is 16.0. The van der Waals surface area contributed by atoms with Crippen molar-refractivity contribution >= 4 is 11.8 Å². The van der Waals surface area contributed by atoms with Crippen LogP contribution in [0, 0.1) is 0 Å². The Balaban J connectivity index is 1.52. The molecule has 144 valence electrons. The average Bonchev–Trinajstić information content (AvgIpc) is 3.21. The summed E-state index contributed by atoms with van der Waals surface area (Å²) in [7, 11) is 0. The standard InChI is InChI=1S/C21H27N3O3/c1-17(2)24(14-18-6-4-3-5-7-18)20(25)15-22-9-11-23(12-10-22)21(26)19-8-13-27-16-19/h3-8,13,16-17H,9-12,14-15H2,1-2H3. The van der Waals surface area contributed by atoms with Crippen molar-refractivity contribution in [1.29, 1.82) is 0 Å². The van der Waals surface area contributed by atoms with E-state index in [0.29, 0.717) is 44.8 Å². The number of amides is 2. The number of carbonyl (C=O) groups is 2. The van der Waals surface area contributed by atoms with E-state index in [-0.39, 0.29) is 17.9 Å². The number of hydrogen-bond acceptors (Lipinski definition) is 4. The molecule has 0 aliphatic carbocycles. The van der Waals surface area contributed by atoms with Crippen LogP contribution in [0.5, 0.6) is 0 Å². The van der Waals surface area contributed by atoms with Crippen LogP contribution in [0.3, 0.4) is 0 Å². The first kappa shape index (κ1) is 19.2. The van der Waals surface area contributed by atoms with Gasteiger partial charge in [-0.3, -0.25) is 14.5 Å². The lowest BCUT2D eigenvalue weighted by molar-refractivity contribution is -0.135. The summed E-state index contributed by atoms with van der Waals surface area (Å²) in [6.45, 7) is 7.74. The van der Waals surface area contributed by atoms with Crippen LogP contribution >= 0.6 is 0 Å². The molecular formula is C21H27N3O3. The molecular weight excluding hydrogens is 342 g/mol. The Kier molecular flexibility index (Phi) is 6.29. The fraction of sp³-hybridized carbons (Fsp3) is 0.429. The molecule has 1 fully saturated rings. The molecule has 27 heavy (non-hydrogen) atoms. The van der Waals surface area contributed by atoms with Crippen molar-refractivity contribution in [3.8, 4) is 0 Å². The Bertz CT molecular complexity index is 735. The van der Waals surface area contributed by atoms with Gasteiger partial charge in [0.15, 0.2) is 0 Å². The van der Waals surface area contributed by atoms with E-state index in [1.54, 1.807) is 6.07 Å². The van der Waals surface area contributed by atoms with Gasteiger partial charge in [-0.2, -0.15) is 0 Å². The molecule has 1 aliphatic rings. The molecule has 6 nitrogen and oxygen atoms in total. The SMILES string of the molecule is CC(C)N(Cc1ccccc1)C(=O)CN1CCN(C(=O)c2ccoc2)CC1. The molecule has 2 aromatic rings. The summed E-state index contributed by atoms with van der Waals surface area (Å²) in [6, 6.07) is 11.9. The van der Waals surface area contributed by atoms with E-state index in [0.717, 1.165) is 5.56 Å². The minimum Gasteiger partial charge on any atom is -0.472 e. The summed E-state index contributed by atoms with van der Waals surface area (Å²) >= 11 is 0. The predicted molar refractivity (Wildman–Crippen MR) is 103 cm³/mol. The Morgan fingerprint density at radius 3 is 2.37 bits per heavy atom. The highest BCUT2D eigenvalue weighted by Gasteiger charge is 2.26. The first-order valence-electron chi connectivity index (χ1n) is 9.42. The molecule has 0 spiro atoms. The Hall–Kier alpha value is -2.60. The van der Waals surface area contributed by atoms with Gasteiger partial charge < -0.3 is 14.2 Å². The van der Waals surface area contributed by atoms with Gasteiger partial charge in [-0.15, -0.1) is 0 Å². The van der Waals surface area contributed by atoms with Gasteiger partial charge in [0.2, 0.25) is 5.91 Å². The normalized spacial score (nSPS) is 15.1. The number of carbonyl (C=O) groups excluding carboxylic acids is 2. The van der Waals surface area contributed by atoms with Crippen molar-refractivity contribution < 1.29 is 14.0 Å². The van der Waals surface area contributed by atoms with Crippen LogP contribution in [-0.2, 0) is 11.3 Å². The molecule has 0 atom stereocenters. The summed E-state index contributed by atoms with van der Waals surface area (Å²) in [6.07, 6.45) is 2.98. The van der Waals surface area contributed by atoms with Crippen LogP contribution < -0.4 is 0 Å². The molecule has 0 bridgehead atoms. The van der Waals surface area contributed by atoms with Crippen LogP contribution in [0.1, 0.15) is 29.8 Å². The van der Waals surface area contributed by atoms with Gasteiger partial charge in [0, 0.05) is 38.8 Å². The highest BCUT2D eigenvalue weighted by molar-refractivity contribution is 5.93. The van der Waals surface area contributed by atoms with E-state index in [1.165, 1.54) is 12.5 Å². The summed E-state index contributed by atoms with van der Waals surface area (Å²) in [4.78, 5) is 31.1. The quantitative estimate of drug-likeness (QED) is 0.785. The van der Waals surface area contributed by atoms with Crippen LogP contribution in [0.4, 0.5) is 0 Å². The highest BCUT2D eigenvalue weighted by atomic mass is 16.3. The largest absolute Gasteiger partial charge is 0.472 e. The second-order valence-electron chi connectivity index (χ2n) is 7.18. The van der Waals surface area contributed by atoms with E-state index >= 15 is 0 Å². The molecule has 1 aromatic heterocycles. The molecule has 2 amide bonds. The van der Waals surface area contributed by atoms with Crippen molar-refractivity contribution in [2.75, 3.05) is 32.7 Å². The van der Waals surface area contributed by atoms with E-state index in [2.05, 4.69) is 4.90 Å². The minimum atomic E-state index is -0.0115. The third kappa shape index (κ3) is 4.98. The Morgan fingerprint density at radius 2 is 1.78 bits per heavy atom. The van der Waals surface area contributed by atoms with Crippen molar-refractivity contribution in [3.63, 3.8) is 0 Å². The van der Waals surface area contributed by atoms with Crippen molar-refractivity contribution in [3.05, 3.63) is 60.1 Å². The lowest BCUT2D eigenvalue weighted by atomic mass is 10.2. The van der Waals surface area contributed by atoms with Gasteiger partial charge >= 0.3 is 0 Å². The number of rotatable bonds is 6. The van der Waals surface area contributed by atoms with Crippen molar-refractivity contribution in [1.82, 2.24) is 14.7 Å². The third-order valence-corrected chi connectivity index (χ3v) is 4.93. The molecule has 2 heterocycles. The lowest BCUT2D eigenvalue weighted by Gasteiger charge is -2.36. The summed E-state index contributed by atoms with van der Waals surface area (Å²) in [5, 5.41) is 0. The molecule has 6 heteroatoms. The highest BCUT2D eigenvalue weighted by Crippen LogP contribution is 2.12. The Labute approximate surface area is 160 Å². The van der Waals surface area contributed by atoms with Gasteiger partial charge in [-0.1, -0.05) is 30.3 Å². The minimum absolute atomic E-state index is 0.0115. The molecule has 1 aliphatic heterocycles. The molecule has 1 saturated heterocycles. The molecule has 0 saturated carbocycles. The maximum atomic E-state index is 12.9. The zero-order valence-corrected chi connectivity index (χ0v) is 16.0. The predicted octanol–water partition coefficient (Wildman–Crippen LogP) is 2.47. The second-order valence-corrected chi connectivity index (χ2v) is 7.18. The maximum Gasteiger partial charge on any atom is 0.257 e. The maximum absolute atomic E-state index is 12.9. The van der Waals surface area contributed by atoms with Gasteiger partial charge in [-0.25, -0.2) is 0 Å². The zero-order chi connectivity index (χ0) is 19.2. The van der Waals surface area contributed by atoms with Gasteiger partial charge in [0.25, 0.3) is 5.91 Å². The Morgan fingerprint density at radius 1 is 1.07 bits per heavy atom. The summed E-state index contributed by atoms with van der Waals surface area (Å²) in [5.74, 6) is 0.117. The van der Waals surface area contributed by atoms with Crippen LogP contribution in [0.15, 0.2) is 53.3 Å². The molecule has 3 rings (SSSR count). The number of piperazine rings is 1. The van der Waals surface area contributed by atoms with Crippen LogP contribution in [0.25, 0.3) is 0 Å². The molecule has 0 radical (unpaired) electrons. The first-order chi connectivity index (χ1) is 13.0. The summed E-state index contributed by atoms with van der Waals surface area (Å²) in [5.41, 5.74) is 1.71. The second kappa shape index (κ2) is 8.86. The fourth-order valence-corrected chi connectivity index (χ4v) is 3.30. The number of benzene rings is 1. The lowest BCUT2D eigenvalue weighted by Crippen LogP contribution is -2.52. The van der Waals surface area contributed by atoms with Gasteiger partial charge in [-0.05, 0) is 25.5 Å². The van der Waals surface area contributed by atoms with Gasteiger partial charge in [0.05, 0.1) is 18.4 Å². The van der Waals surface area contributed by atoms with E-state index in [4.69, 9.17) is 4.42 Å². The van der Waals surface area contributed by atoms with E-state index in [1.807, 2.05) is 54.0 Å². The van der Waals surface area contributed by atoms with Crippen LogP contribution in [-0.4, -0.2) is 65.3 Å². The van der Waals surface area contributed by atoms with E-state index < -0.39 is 0 Å². The van der Waals surface area contributed by atoms with Crippen molar-refractivity contribution in [2.45, 2.75) is 26.4 Å². The van der Waals surface area contributed by atoms with E-state index in [9.17, 15) is 9.59 Å². The van der Waals surface area contributed by atoms with Gasteiger partial charge in [0.1, 0.15) is 6.26 Å². The van der Waals surface area contributed by atoms with Crippen molar-refractivity contribution in [2.24, 2.45) is 0 Å². The number of nitrogens with zero attached hydrogens (tertiary/aromatic N) is 3. The fourth-order valence-electron chi connectivity index (χ4n) is 3.30. The monoisotopic (exact) mass is 369 g/mol.